The molecule has 0 radical (unpaired) electrons. The van der Waals surface area contributed by atoms with Crippen LogP contribution in [0.15, 0.2) is 41.3 Å². The topological polar surface area (TPSA) is 135 Å². The summed E-state index contributed by atoms with van der Waals surface area (Å²) in [5, 5.41) is 9.47. The maximum absolute atomic E-state index is 14.7. The Morgan fingerprint density at radius 2 is 1.78 bits per heavy atom. The predicted molar refractivity (Wildman–Crippen MR) is 128 cm³/mol. The number of sulfonamides is 1. The summed E-state index contributed by atoms with van der Waals surface area (Å²) in [6, 6.07) is 5.08. The number of hydrogen-bond acceptors (Lipinski definition) is 8. The van der Waals surface area contributed by atoms with Crippen LogP contribution in [0, 0.1) is 11.6 Å². The fourth-order valence-electron chi connectivity index (χ4n) is 3.35. The molecule has 1 saturated heterocycles. The van der Waals surface area contributed by atoms with E-state index in [9.17, 15) is 26.8 Å². The molecule has 1 aliphatic heterocycles. The number of hydrogen-bond donors (Lipinski definition) is 2. The Hall–Kier alpha value is -2.27. The average molecular weight is 576 g/mol. The molecule has 0 unspecified atom stereocenters. The van der Waals surface area contributed by atoms with Crippen LogP contribution < -0.4 is 10.2 Å². The van der Waals surface area contributed by atoms with Gasteiger partial charge in [0.05, 0.1) is 11.5 Å². The summed E-state index contributed by atoms with van der Waals surface area (Å²) >= 11 is 5.77. The molecule has 37 heavy (non-hydrogen) atoms. The van der Waals surface area contributed by atoms with Gasteiger partial charge in [0.25, 0.3) is 5.91 Å². The van der Waals surface area contributed by atoms with Crippen molar-refractivity contribution in [3.8, 4) is 11.5 Å². The van der Waals surface area contributed by atoms with Crippen molar-refractivity contribution in [3.63, 3.8) is 0 Å². The van der Waals surface area contributed by atoms with E-state index in [0.717, 1.165) is 4.90 Å². The summed E-state index contributed by atoms with van der Waals surface area (Å²) in [7, 11) is -3.26. The molecule has 3 rings (SSSR count). The van der Waals surface area contributed by atoms with Gasteiger partial charge in [0.15, 0.2) is 17.4 Å². The van der Waals surface area contributed by atoms with Crippen LogP contribution in [0.25, 0.3) is 0 Å². The maximum Gasteiger partial charge on any atom is 2.00 e. The number of halogens is 3. The van der Waals surface area contributed by atoms with Crippen molar-refractivity contribution in [2.75, 3.05) is 40.0 Å². The van der Waals surface area contributed by atoms with Crippen LogP contribution >= 0.6 is 11.6 Å². The van der Waals surface area contributed by atoms with Gasteiger partial charge in [-0.15, -0.1) is 0 Å². The first kappa shape index (κ1) is 30.9. The van der Waals surface area contributed by atoms with Crippen LogP contribution in [0.4, 0.5) is 13.6 Å². The first-order valence-electron chi connectivity index (χ1n) is 10.4. The summed E-state index contributed by atoms with van der Waals surface area (Å²) in [6.07, 6.45) is -0.833. The molecule has 16 heteroatoms. The molecule has 2 N–H and O–H groups in total. The zero-order valence-electron chi connectivity index (χ0n) is 21.5. The summed E-state index contributed by atoms with van der Waals surface area (Å²) in [5.74, 6) is -4.57. The number of benzene rings is 2. The van der Waals surface area contributed by atoms with E-state index < -0.39 is 63.4 Å². The first-order valence-corrected chi connectivity index (χ1v) is 12.2. The number of piperazine rings is 1. The molecule has 0 bridgehead atoms. The first-order chi connectivity index (χ1) is 17.1. The van der Waals surface area contributed by atoms with E-state index >= 15 is 0 Å². The molecule has 0 aromatic heterocycles. The Bertz CT molecular complexity index is 1210. The van der Waals surface area contributed by atoms with Crippen molar-refractivity contribution in [2.24, 2.45) is 0 Å². The number of rotatable bonds is 8. The predicted octanol–water partition coefficient (Wildman–Crippen LogP) is 2.22. The van der Waals surface area contributed by atoms with Gasteiger partial charge in [-0.1, -0.05) is 11.6 Å². The summed E-state index contributed by atoms with van der Waals surface area (Å²) in [5.41, 5.74) is 1.34. The number of carbonyl (C=O) groups excluding carboxylic acids is 2. The average Bonchev–Trinajstić information content (AvgIpc) is 2.86. The van der Waals surface area contributed by atoms with Gasteiger partial charge >= 0.3 is 29.1 Å². The molecule has 0 spiro atoms. The Kier molecular flexibility index (Phi) is 11.3. The number of nitrogens with zero attached hydrogens (tertiary/aromatic N) is 2. The molecule has 2 amide bonds. The SMILES string of the molecule is COCCOC(=O)N1CCN(S(=O)(=O)c2cc(F)c(Oc3ccc(Cl)cc3)c(F)c2)[C@@H](C(=O)NO)C1.[H-].[H-].[Mg+2]. The van der Waals surface area contributed by atoms with Crippen molar-refractivity contribution in [1.82, 2.24) is 14.7 Å². The van der Waals surface area contributed by atoms with Gasteiger partial charge in [-0.3, -0.25) is 10.0 Å². The Morgan fingerprint density at radius 3 is 2.35 bits per heavy atom. The van der Waals surface area contributed by atoms with E-state index in [4.69, 9.17) is 31.0 Å². The van der Waals surface area contributed by atoms with Gasteiger partial charge in [-0.05, 0) is 36.4 Å². The molecule has 1 fully saturated rings. The normalized spacial score (nSPS) is 16.0. The van der Waals surface area contributed by atoms with Crippen molar-refractivity contribution in [1.29, 1.82) is 0 Å². The van der Waals surface area contributed by atoms with Gasteiger partial charge in [-0.2, -0.15) is 4.31 Å². The van der Waals surface area contributed by atoms with Crippen LogP contribution in [0.1, 0.15) is 2.85 Å². The summed E-state index contributed by atoms with van der Waals surface area (Å²) < 4.78 is 71.5. The van der Waals surface area contributed by atoms with E-state index in [0.29, 0.717) is 21.5 Å². The van der Waals surface area contributed by atoms with Crippen LogP contribution in [0.2, 0.25) is 5.02 Å². The molecule has 1 heterocycles. The van der Waals surface area contributed by atoms with Crippen molar-refractivity contribution in [3.05, 3.63) is 53.1 Å². The molecule has 2 aromatic carbocycles. The molecule has 200 valence electrons. The summed E-state index contributed by atoms with van der Waals surface area (Å²) in [6.45, 7) is -1.06. The fraction of sp³-hybridized carbons (Fsp3) is 0.333. The number of carbonyl (C=O) groups is 2. The van der Waals surface area contributed by atoms with E-state index in [-0.39, 0.29) is 51.4 Å². The molecular formula is C21H24ClF2MgN3O8S. The second-order valence-electron chi connectivity index (χ2n) is 7.43. The molecule has 2 aromatic rings. The Labute approximate surface area is 235 Å². The van der Waals surface area contributed by atoms with Gasteiger partial charge in [0.1, 0.15) is 18.4 Å². The minimum Gasteiger partial charge on any atom is -1.00 e. The molecular weight excluding hydrogens is 552 g/mol. The third-order valence-electron chi connectivity index (χ3n) is 5.13. The van der Waals surface area contributed by atoms with Gasteiger partial charge in [0, 0.05) is 31.8 Å². The Balaban J connectivity index is 0.00000481. The molecule has 1 atom stereocenters. The van der Waals surface area contributed by atoms with Crippen LogP contribution in [0.3, 0.4) is 0 Å². The monoisotopic (exact) mass is 575 g/mol. The molecule has 1 aliphatic rings. The van der Waals surface area contributed by atoms with E-state index in [1.54, 1.807) is 0 Å². The molecule has 0 aliphatic carbocycles. The van der Waals surface area contributed by atoms with Gasteiger partial charge in [-0.25, -0.2) is 27.5 Å². The van der Waals surface area contributed by atoms with Gasteiger partial charge < -0.3 is 22.0 Å². The number of nitrogens with one attached hydrogen (secondary N) is 1. The Morgan fingerprint density at radius 1 is 1.16 bits per heavy atom. The van der Waals surface area contributed by atoms with Crippen LogP contribution in [-0.2, 0) is 24.3 Å². The van der Waals surface area contributed by atoms with Crippen LogP contribution in [-0.4, -0.2) is 104 Å². The number of ether oxygens (including phenoxy) is 3. The second kappa shape index (κ2) is 13.5. The van der Waals surface area contributed by atoms with Crippen molar-refractivity contribution >= 4 is 56.7 Å². The minimum atomic E-state index is -4.67. The molecule has 0 saturated carbocycles. The van der Waals surface area contributed by atoms with E-state index in [1.165, 1.54) is 36.9 Å². The minimum absolute atomic E-state index is 0. The second-order valence-corrected chi connectivity index (χ2v) is 9.76. The van der Waals surface area contributed by atoms with Gasteiger partial charge in [0.2, 0.25) is 10.0 Å². The quantitative estimate of drug-likeness (QED) is 0.212. The zero-order valence-corrected chi connectivity index (χ0v) is 22.5. The smallest absolute Gasteiger partial charge is 1.00 e. The molecule has 11 nitrogen and oxygen atoms in total. The number of hydroxylamine groups is 1. The standard InChI is InChI=1S/C21H22ClF2N3O8S.Mg.2H/c1-33-8-9-34-21(29)26-6-7-27(18(12-26)20(28)25-30)36(31,32)15-10-16(23)19(17(24)11-15)35-14-4-2-13(22)3-5-14;;;/h2-5,10-11,18,30H,6-9,12H2,1H3,(H,25,28);;;/q;+2;2*-1/t18-;;;/m1.../s1. The zero-order chi connectivity index (χ0) is 26.5. The number of methoxy groups -OCH3 is 1. The van der Waals surface area contributed by atoms with Crippen LogP contribution in [0.5, 0.6) is 11.5 Å². The fourth-order valence-corrected chi connectivity index (χ4v) is 5.07. The van der Waals surface area contributed by atoms with E-state index in [2.05, 4.69) is 0 Å². The third kappa shape index (κ3) is 7.40. The largest absolute Gasteiger partial charge is 2.00 e. The maximum atomic E-state index is 14.7. The van der Waals surface area contributed by atoms with E-state index in [1.807, 2.05) is 0 Å². The number of amides is 2. The summed E-state index contributed by atoms with van der Waals surface area (Å²) in [4.78, 5) is 24.7. The third-order valence-corrected chi connectivity index (χ3v) is 7.27. The van der Waals surface area contributed by atoms with Crippen molar-refractivity contribution < 1.29 is 49.1 Å². The van der Waals surface area contributed by atoms with Crippen molar-refractivity contribution in [2.45, 2.75) is 10.9 Å².